The highest BCUT2D eigenvalue weighted by Gasteiger charge is 2.16. The second-order valence-corrected chi connectivity index (χ2v) is 4.07. The topological polar surface area (TPSA) is 75.8 Å². The number of carbonyl (C=O) groups excluding carboxylic acids is 2. The van der Waals surface area contributed by atoms with E-state index in [1.165, 1.54) is 6.20 Å². The number of aromatic nitrogens is 2. The zero-order valence-electron chi connectivity index (χ0n) is 10.3. The van der Waals surface area contributed by atoms with Gasteiger partial charge in [-0.15, -0.1) is 0 Å². The highest BCUT2D eigenvalue weighted by Crippen LogP contribution is 2.09. The Bertz CT molecular complexity index is 663. The molecule has 1 aromatic heterocycles. The van der Waals surface area contributed by atoms with Gasteiger partial charge in [0.1, 0.15) is 0 Å². The lowest BCUT2D eigenvalue weighted by atomic mass is 10.0. The van der Waals surface area contributed by atoms with Crippen LogP contribution in [-0.4, -0.2) is 21.1 Å². The third-order valence-corrected chi connectivity index (χ3v) is 2.73. The average molecular weight is 253 g/mol. The molecule has 2 aromatic rings. The van der Waals surface area contributed by atoms with Crippen LogP contribution in [0, 0.1) is 11.3 Å². The predicted molar refractivity (Wildman–Crippen MR) is 67.6 cm³/mol. The Morgan fingerprint density at radius 2 is 1.95 bits per heavy atom. The Morgan fingerprint density at radius 3 is 2.47 bits per heavy atom. The van der Waals surface area contributed by atoms with Gasteiger partial charge in [0.15, 0.2) is 11.6 Å². The summed E-state index contributed by atoms with van der Waals surface area (Å²) in [7, 11) is 1.70. The molecule has 5 nitrogen and oxygen atoms in total. The van der Waals surface area contributed by atoms with Crippen LogP contribution in [0.2, 0.25) is 0 Å². The summed E-state index contributed by atoms with van der Waals surface area (Å²) in [6, 6.07) is 8.18. The van der Waals surface area contributed by atoms with Crippen molar-refractivity contribution in [1.82, 2.24) is 9.55 Å². The van der Waals surface area contributed by atoms with E-state index in [0.717, 1.165) is 0 Å². The number of hydrogen-bond donors (Lipinski definition) is 0. The molecule has 0 aliphatic carbocycles. The molecule has 0 atom stereocenters. The molecule has 5 heteroatoms. The predicted octanol–water partition coefficient (Wildman–Crippen LogP) is 1.75. The van der Waals surface area contributed by atoms with Gasteiger partial charge >= 0.3 is 0 Å². The molecule has 1 aromatic carbocycles. The largest absolute Gasteiger partial charge is 0.332 e. The van der Waals surface area contributed by atoms with E-state index in [4.69, 9.17) is 5.26 Å². The molecule has 0 saturated carbocycles. The zero-order valence-corrected chi connectivity index (χ0v) is 10.3. The van der Waals surface area contributed by atoms with E-state index in [-0.39, 0.29) is 23.8 Å². The van der Waals surface area contributed by atoms with E-state index in [1.54, 1.807) is 42.1 Å². The summed E-state index contributed by atoms with van der Waals surface area (Å²) in [5.41, 5.74) is 0.897. The third-order valence-electron chi connectivity index (χ3n) is 2.73. The molecule has 0 saturated heterocycles. The van der Waals surface area contributed by atoms with E-state index in [1.807, 2.05) is 6.07 Å². The summed E-state index contributed by atoms with van der Waals surface area (Å²) in [5.74, 6) is -0.332. The fraction of sp³-hybridized carbons (Fsp3) is 0.143. The maximum absolute atomic E-state index is 11.9. The average Bonchev–Trinajstić information content (AvgIpc) is 2.85. The van der Waals surface area contributed by atoms with Gasteiger partial charge in [-0.25, -0.2) is 4.98 Å². The van der Waals surface area contributed by atoms with Gasteiger partial charge in [0.05, 0.1) is 18.1 Å². The van der Waals surface area contributed by atoms with Gasteiger partial charge in [0.2, 0.25) is 5.78 Å². The fourth-order valence-corrected chi connectivity index (χ4v) is 1.69. The first-order valence-electron chi connectivity index (χ1n) is 5.65. The highest BCUT2D eigenvalue weighted by molar-refractivity contribution is 6.12. The van der Waals surface area contributed by atoms with E-state index in [9.17, 15) is 9.59 Å². The summed E-state index contributed by atoms with van der Waals surface area (Å²) in [4.78, 5) is 27.7. The van der Waals surface area contributed by atoms with Crippen molar-refractivity contribution in [2.75, 3.05) is 0 Å². The highest BCUT2D eigenvalue weighted by atomic mass is 16.1. The SMILES string of the molecule is Cn1ccnc1C(=O)CC(=O)c1ccc(C#N)cc1. The number of nitrogens with zero attached hydrogens (tertiary/aromatic N) is 3. The molecule has 0 fully saturated rings. The molecule has 0 radical (unpaired) electrons. The number of aryl methyl sites for hydroxylation is 1. The summed E-state index contributed by atoms with van der Waals surface area (Å²) in [5, 5.41) is 8.67. The standard InChI is InChI=1S/C14H11N3O2/c1-17-7-6-16-14(17)13(19)8-12(18)11-4-2-10(9-15)3-5-11/h2-7H,8H2,1H3. The van der Waals surface area contributed by atoms with E-state index in [0.29, 0.717) is 11.1 Å². The number of rotatable bonds is 4. The van der Waals surface area contributed by atoms with Crippen LogP contribution in [0.25, 0.3) is 0 Å². The Balaban J connectivity index is 2.11. The number of ketones is 2. The molecule has 94 valence electrons. The van der Waals surface area contributed by atoms with Gasteiger partial charge in [-0.1, -0.05) is 12.1 Å². The summed E-state index contributed by atoms with van der Waals surface area (Å²) >= 11 is 0. The molecule has 0 aliphatic heterocycles. The lowest BCUT2D eigenvalue weighted by Gasteiger charge is -2.01. The van der Waals surface area contributed by atoms with Gasteiger partial charge in [-0.3, -0.25) is 9.59 Å². The normalized spacial score (nSPS) is 9.89. The fourth-order valence-electron chi connectivity index (χ4n) is 1.69. The lowest BCUT2D eigenvalue weighted by molar-refractivity contribution is 0.0886. The molecule has 0 unspecified atom stereocenters. The smallest absolute Gasteiger partial charge is 0.205 e. The van der Waals surface area contributed by atoms with Gasteiger partial charge in [-0.05, 0) is 12.1 Å². The molecule has 1 heterocycles. The number of imidazole rings is 1. The van der Waals surface area contributed by atoms with Crippen LogP contribution < -0.4 is 0 Å². The lowest BCUT2D eigenvalue weighted by Crippen LogP contribution is -2.12. The monoisotopic (exact) mass is 253 g/mol. The first-order chi connectivity index (χ1) is 9.11. The van der Waals surface area contributed by atoms with Gasteiger partial charge in [-0.2, -0.15) is 5.26 Å². The number of nitriles is 1. The van der Waals surface area contributed by atoms with Gasteiger partial charge in [0, 0.05) is 25.0 Å². The molecule has 19 heavy (non-hydrogen) atoms. The minimum absolute atomic E-state index is 0.225. The second-order valence-electron chi connectivity index (χ2n) is 4.07. The summed E-state index contributed by atoms with van der Waals surface area (Å²) < 4.78 is 1.58. The Labute approximate surface area is 110 Å². The van der Waals surface area contributed by atoms with E-state index in [2.05, 4.69) is 4.98 Å². The van der Waals surface area contributed by atoms with Gasteiger partial charge in [0.25, 0.3) is 0 Å². The minimum atomic E-state index is -0.318. The van der Waals surface area contributed by atoms with E-state index < -0.39 is 0 Å². The number of carbonyl (C=O) groups is 2. The van der Waals surface area contributed by atoms with Gasteiger partial charge < -0.3 is 4.57 Å². The molecule has 0 spiro atoms. The summed E-state index contributed by atoms with van der Waals surface area (Å²) in [6.45, 7) is 0. The van der Waals surface area contributed by atoms with Crippen molar-refractivity contribution in [3.05, 3.63) is 53.6 Å². The van der Waals surface area contributed by atoms with Crippen molar-refractivity contribution < 1.29 is 9.59 Å². The van der Waals surface area contributed by atoms with Crippen LogP contribution in [0.4, 0.5) is 0 Å². The molecular formula is C14H11N3O2. The molecule has 0 aliphatic rings. The number of benzene rings is 1. The molecular weight excluding hydrogens is 242 g/mol. The van der Waals surface area contributed by atoms with Crippen LogP contribution in [0.5, 0.6) is 0 Å². The van der Waals surface area contributed by atoms with Crippen molar-refractivity contribution in [2.45, 2.75) is 6.42 Å². The van der Waals surface area contributed by atoms with Crippen molar-refractivity contribution in [1.29, 1.82) is 5.26 Å². The maximum atomic E-state index is 11.9. The number of hydrogen-bond acceptors (Lipinski definition) is 4. The zero-order chi connectivity index (χ0) is 13.8. The molecule has 0 bridgehead atoms. The number of Topliss-reactive ketones (excluding diaryl/α,β-unsaturated/α-hetero) is 2. The van der Waals surface area contributed by atoms with Crippen LogP contribution in [0.15, 0.2) is 36.7 Å². The maximum Gasteiger partial charge on any atom is 0.205 e. The van der Waals surface area contributed by atoms with Crippen LogP contribution >= 0.6 is 0 Å². The quantitative estimate of drug-likeness (QED) is 0.614. The van der Waals surface area contributed by atoms with E-state index >= 15 is 0 Å². The third kappa shape index (κ3) is 2.75. The Hall–Kier alpha value is -2.74. The molecule has 0 N–H and O–H groups in total. The van der Waals surface area contributed by atoms with Crippen LogP contribution in [0.3, 0.4) is 0 Å². The van der Waals surface area contributed by atoms with Crippen LogP contribution in [0.1, 0.15) is 33.0 Å². The first-order valence-corrected chi connectivity index (χ1v) is 5.65. The first kappa shape index (κ1) is 12.7. The Kier molecular flexibility index (Phi) is 3.53. The second kappa shape index (κ2) is 5.27. The van der Waals surface area contributed by atoms with Crippen LogP contribution in [-0.2, 0) is 7.05 Å². The molecule has 0 amide bonds. The van der Waals surface area contributed by atoms with Crippen molar-refractivity contribution in [3.63, 3.8) is 0 Å². The van der Waals surface area contributed by atoms with Crippen molar-refractivity contribution >= 4 is 11.6 Å². The molecule has 2 rings (SSSR count). The van der Waals surface area contributed by atoms with Crippen molar-refractivity contribution in [3.8, 4) is 6.07 Å². The van der Waals surface area contributed by atoms with Crippen molar-refractivity contribution in [2.24, 2.45) is 7.05 Å². The Morgan fingerprint density at radius 1 is 1.26 bits per heavy atom. The minimum Gasteiger partial charge on any atom is -0.332 e. The summed E-state index contributed by atoms with van der Waals surface area (Å²) in [6.07, 6.45) is 2.94.